The Labute approximate surface area is 68.1 Å². The van der Waals surface area contributed by atoms with Crippen molar-refractivity contribution in [2.45, 2.75) is 31.1 Å². The van der Waals surface area contributed by atoms with Gasteiger partial charge in [0.25, 0.3) is 0 Å². The second-order valence-corrected chi connectivity index (χ2v) is 3.22. The van der Waals surface area contributed by atoms with E-state index in [0.717, 1.165) is 0 Å². The molecule has 0 radical (unpaired) electrons. The lowest BCUT2D eigenvalue weighted by molar-refractivity contribution is -0.137. The van der Waals surface area contributed by atoms with Crippen molar-refractivity contribution in [2.24, 2.45) is 0 Å². The third kappa shape index (κ3) is 2.97. The van der Waals surface area contributed by atoms with Gasteiger partial charge >= 0.3 is 6.18 Å². The van der Waals surface area contributed by atoms with Gasteiger partial charge < -0.3 is 5.32 Å². The van der Waals surface area contributed by atoms with Crippen LogP contribution in [0.4, 0.5) is 17.6 Å². The Morgan fingerprint density at radius 1 is 1.25 bits per heavy atom. The van der Waals surface area contributed by atoms with Crippen LogP contribution in [0, 0.1) is 0 Å². The largest absolute Gasteiger partial charge is 0.389 e. The van der Waals surface area contributed by atoms with Gasteiger partial charge in [-0.15, -0.1) is 0 Å². The second kappa shape index (κ2) is 3.20. The average Bonchev–Trinajstić information content (AvgIpc) is 1.81. The number of nitrogens with one attached hydrogen (secondary N) is 1. The van der Waals surface area contributed by atoms with E-state index < -0.39 is 18.3 Å². The molecule has 0 spiro atoms. The normalized spacial score (nSPS) is 22.0. The quantitative estimate of drug-likeness (QED) is 0.663. The summed E-state index contributed by atoms with van der Waals surface area (Å²) in [5.74, 6) is 0. The number of hydrogen-bond acceptors (Lipinski definition) is 1. The fraction of sp³-hybridized carbons (Fsp3) is 1.00. The van der Waals surface area contributed by atoms with Crippen LogP contribution in [0.5, 0.6) is 0 Å². The van der Waals surface area contributed by atoms with Gasteiger partial charge in [-0.3, -0.25) is 0 Å². The highest BCUT2D eigenvalue weighted by atomic mass is 19.4. The van der Waals surface area contributed by atoms with Gasteiger partial charge in [-0.05, 0) is 12.8 Å². The maximum absolute atomic E-state index is 13.1. The van der Waals surface area contributed by atoms with E-state index in [-0.39, 0.29) is 25.9 Å². The molecule has 72 valence electrons. The summed E-state index contributed by atoms with van der Waals surface area (Å²) in [4.78, 5) is 0. The molecule has 0 saturated carbocycles. The maximum Gasteiger partial charge on any atom is 0.389 e. The highest BCUT2D eigenvalue weighted by molar-refractivity contribution is 4.92. The van der Waals surface area contributed by atoms with Gasteiger partial charge in [-0.25, -0.2) is 4.39 Å². The Bertz CT molecular complexity index is 150. The van der Waals surface area contributed by atoms with Crippen LogP contribution in [0.1, 0.15) is 19.3 Å². The molecule has 0 unspecified atom stereocenters. The number of hydrogen-bond donors (Lipinski definition) is 1. The highest BCUT2D eigenvalue weighted by Crippen LogP contribution is 2.28. The van der Waals surface area contributed by atoms with Crippen LogP contribution in [0.2, 0.25) is 0 Å². The zero-order valence-corrected chi connectivity index (χ0v) is 6.55. The molecule has 1 N–H and O–H groups in total. The van der Waals surface area contributed by atoms with E-state index in [9.17, 15) is 17.6 Å². The van der Waals surface area contributed by atoms with Crippen LogP contribution < -0.4 is 5.32 Å². The van der Waals surface area contributed by atoms with Gasteiger partial charge in [0.1, 0.15) is 5.67 Å². The van der Waals surface area contributed by atoms with Crippen LogP contribution in [0.3, 0.4) is 0 Å². The summed E-state index contributed by atoms with van der Waals surface area (Å²) in [6, 6.07) is 0. The van der Waals surface area contributed by atoms with Crippen molar-refractivity contribution in [3.05, 3.63) is 0 Å². The van der Waals surface area contributed by atoms with Crippen molar-refractivity contribution < 1.29 is 17.6 Å². The third-order valence-corrected chi connectivity index (χ3v) is 1.97. The SMILES string of the molecule is FC(F)(F)CCCC1(F)CNC1. The standard InChI is InChI=1S/C7H11F4N/c8-6(4-12-5-6)2-1-3-7(9,10)11/h12H,1-5H2. The first-order valence-corrected chi connectivity index (χ1v) is 3.88. The zero-order chi connectivity index (χ0) is 9.24. The van der Waals surface area contributed by atoms with Gasteiger partial charge in [0.2, 0.25) is 0 Å². The van der Waals surface area contributed by atoms with Crippen LogP contribution in [0.25, 0.3) is 0 Å². The monoisotopic (exact) mass is 185 g/mol. The molecule has 0 aliphatic carbocycles. The van der Waals surface area contributed by atoms with E-state index in [2.05, 4.69) is 5.32 Å². The summed E-state index contributed by atoms with van der Waals surface area (Å²) in [5, 5.41) is 2.69. The van der Waals surface area contributed by atoms with Crippen molar-refractivity contribution in [2.75, 3.05) is 13.1 Å². The van der Waals surface area contributed by atoms with E-state index in [1.807, 2.05) is 0 Å². The lowest BCUT2D eigenvalue weighted by atomic mass is 9.93. The molecule has 5 heteroatoms. The molecule has 1 aliphatic heterocycles. The molecule has 1 aliphatic rings. The van der Waals surface area contributed by atoms with Crippen molar-refractivity contribution in [1.29, 1.82) is 0 Å². The molecular formula is C7H11F4N. The van der Waals surface area contributed by atoms with Crippen molar-refractivity contribution in [3.63, 3.8) is 0 Å². The molecule has 0 aromatic carbocycles. The fourth-order valence-electron chi connectivity index (χ4n) is 1.18. The predicted octanol–water partition coefficient (Wildman–Crippen LogP) is 2.03. The lowest BCUT2D eigenvalue weighted by Crippen LogP contribution is -2.56. The van der Waals surface area contributed by atoms with Crippen molar-refractivity contribution >= 4 is 0 Å². The third-order valence-electron chi connectivity index (χ3n) is 1.97. The van der Waals surface area contributed by atoms with Crippen LogP contribution in [-0.4, -0.2) is 24.9 Å². The van der Waals surface area contributed by atoms with E-state index in [1.165, 1.54) is 0 Å². The Kier molecular flexibility index (Phi) is 2.61. The molecule has 0 aromatic rings. The molecule has 1 nitrogen and oxygen atoms in total. The summed E-state index contributed by atoms with van der Waals surface area (Å²) in [5.41, 5.74) is -1.37. The summed E-state index contributed by atoms with van der Waals surface area (Å²) < 4.78 is 47.9. The second-order valence-electron chi connectivity index (χ2n) is 3.22. The number of alkyl halides is 4. The maximum atomic E-state index is 13.1. The fourth-order valence-corrected chi connectivity index (χ4v) is 1.18. The van der Waals surface area contributed by atoms with E-state index in [0.29, 0.717) is 0 Å². The Morgan fingerprint density at radius 3 is 2.17 bits per heavy atom. The predicted molar refractivity (Wildman–Crippen MR) is 36.6 cm³/mol. The highest BCUT2D eigenvalue weighted by Gasteiger charge is 2.37. The molecule has 1 saturated heterocycles. The molecular weight excluding hydrogens is 174 g/mol. The molecule has 1 rings (SSSR count). The van der Waals surface area contributed by atoms with Crippen LogP contribution >= 0.6 is 0 Å². The minimum atomic E-state index is -4.15. The summed E-state index contributed by atoms with van der Waals surface area (Å²) in [6.45, 7) is 0.399. The molecule has 1 heterocycles. The van der Waals surface area contributed by atoms with Crippen molar-refractivity contribution in [3.8, 4) is 0 Å². The van der Waals surface area contributed by atoms with E-state index in [1.54, 1.807) is 0 Å². The Balaban J connectivity index is 2.10. The first-order chi connectivity index (χ1) is 5.41. The van der Waals surface area contributed by atoms with Crippen molar-refractivity contribution in [1.82, 2.24) is 5.32 Å². The van der Waals surface area contributed by atoms with Gasteiger partial charge in [-0.2, -0.15) is 13.2 Å². The molecule has 12 heavy (non-hydrogen) atoms. The summed E-state index contributed by atoms with van der Waals surface area (Å²) >= 11 is 0. The Hall–Kier alpha value is -0.320. The van der Waals surface area contributed by atoms with Gasteiger partial charge in [0.05, 0.1) is 0 Å². The topological polar surface area (TPSA) is 12.0 Å². The first kappa shape index (κ1) is 9.77. The molecule has 0 atom stereocenters. The van der Waals surface area contributed by atoms with Gasteiger partial charge in [0.15, 0.2) is 0 Å². The van der Waals surface area contributed by atoms with Gasteiger partial charge in [0, 0.05) is 19.5 Å². The zero-order valence-electron chi connectivity index (χ0n) is 6.55. The summed E-state index contributed by atoms with van der Waals surface area (Å²) in [6.07, 6.45) is -5.12. The first-order valence-electron chi connectivity index (χ1n) is 3.88. The van der Waals surface area contributed by atoms with Crippen LogP contribution in [-0.2, 0) is 0 Å². The smallest absolute Gasteiger partial charge is 0.310 e. The number of halogens is 4. The molecule has 1 fully saturated rings. The molecule has 0 aromatic heterocycles. The van der Waals surface area contributed by atoms with Crippen LogP contribution in [0.15, 0.2) is 0 Å². The molecule has 0 amide bonds. The molecule has 0 bridgehead atoms. The Morgan fingerprint density at radius 2 is 1.83 bits per heavy atom. The van der Waals surface area contributed by atoms with E-state index in [4.69, 9.17) is 0 Å². The lowest BCUT2D eigenvalue weighted by Gasteiger charge is -2.35. The van der Waals surface area contributed by atoms with Gasteiger partial charge in [-0.1, -0.05) is 0 Å². The average molecular weight is 185 g/mol. The number of rotatable bonds is 3. The summed E-state index contributed by atoms with van der Waals surface area (Å²) in [7, 11) is 0. The minimum absolute atomic E-state index is 0.0134. The van der Waals surface area contributed by atoms with E-state index >= 15 is 0 Å². The minimum Gasteiger partial charge on any atom is -0.310 e.